The van der Waals surface area contributed by atoms with E-state index in [0.717, 1.165) is 11.1 Å². The lowest BCUT2D eigenvalue weighted by molar-refractivity contribution is 1.01. The number of nitrogens with zero attached hydrogens (tertiary/aromatic N) is 3. The van der Waals surface area contributed by atoms with Crippen LogP contribution in [0, 0.1) is 18.8 Å². The van der Waals surface area contributed by atoms with E-state index < -0.39 is 0 Å². The van der Waals surface area contributed by atoms with Gasteiger partial charge in [-0.05, 0) is 36.2 Å². The molecule has 76 valence electrons. The molecule has 0 aliphatic carbocycles. The van der Waals surface area contributed by atoms with Gasteiger partial charge in [0.1, 0.15) is 0 Å². The average Bonchev–Trinajstić information content (AvgIpc) is 2.20. The summed E-state index contributed by atoms with van der Waals surface area (Å²) < 4.78 is 0. The summed E-state index contributed by atoms with van der Waals surface area (Å²) in [5.74, 6) is 5.95. The second-order valence-electron chi connectivity index (χ2n) is 2.97. The van der Waals surface area contributed by atoms with Crippen molar-refractivity contribution in [2.24, 2.45) is 5.11 Å². The van der Waals surface area contributed by atoms with Crippen molar-refractivity contribution >= 4 is 11.6 Å². The molecule has 1 aromatic carbocycles. The molecule has 0 aromatic heterocycles. The Morgan fingerprint density at radius 2 is 2.33 bits per heavy atom. The quantitative estimate of drug-likeness (QED) is 0.239. The zero-order chi connectivity index (χ0) is 11.1. The first kappa shape index (κ1) is 11.5. The highest BCUT2D eigenvalue weighted by Gasteiger charge is 1.94. The SMILES string of the molecule is Cc1cc(Cl)ccc1C#CCCN=[N+]=[N-]. The molecule has 0 N–H and O–H groups in total. The third-order valence-corrected chi connectivity index (χ3v) is 2.05. The fraction of sp³-hybridized carbons (Fsp3) is 0.273. The minimum absolute atomic E-state index is 0.413. The van der Waals surface area contributed by atoms with Crippen LogP contribution in [0.25, 0.3) is 10.4 Å². The number of benzene rings is 1. The standard InChI is InChI=1S/C11H10ClN3/c1-9-8-11(12)6-5-10(9)4-2-3-7-14-15-13/h5-6,8H,3,7H2,1H3. The van der Waals surface area contributed by atoms with Crippen molar-refractivity contribution in [3.63, 3.8) is 0 Å². The van der Waals surface area contributed by atoms with E-state index in [1.165, 1.54) is 0 Å². The van der Waals surface area contributed by atoms with Crippen LogP contribution in [-0.2, 0) is 0 Å². The average molecular weight is 220 g/mol. The molecule has 0 atom stereocenters. The fourth-order valence-corrected chi connectivity index (χ4v) is 1.30. The Balaban J connectivity index is 2.67. The molecular formula is C11H10ClN3. The lowest BCUT2D eigenvalue weighted by Gasteiger charge is -1.97. The molecule has 0 aliphatic heterocycles. The molecule has 0 spiro atoms. The van der Waals surface area contributed by atoms with Gasteiger partial charge in [0.15, 0.2) is 0 Å². The minimum atomic E-state index is 0.413. The maximum atomic E-state index is 8.05. The van der Waals surface area contributed by atoms with Crippen molar-refractivity contribution in [3.8, 4) is 11.8 Å². The largest absolute Gasteiger partial charge is 0.0978 e. The smallest absolute Gasteiger partial charge is 0.0409 e. The van der Waals surface area contributed by atoms with Gasteiger partial charge in [0.2, 0.25) is 0 Å². The molecule has 0 aliphatic rings. The first-order valence-electron chi connectivity index (χ1n) is 4.50. The third kappa shape index (κ3) is 3.95. The van der Waals surface area contributed by atoms with Gasteiger partial charge in [0, 0.05) is 28.5 Å². The molecule has 1 aromatic rings. The van der Waals surface area contributed by atoms with E-state index >= 15 is 0 Å². The molecule has 3 nitrogen and oxygen atoms in total. The van der Waals surface area contributed by atoms with Crippen LogP contribution in [-0.4, -0.2) is 6.54 Å². The monoisotopic (exact) mass is 219 g/mol. The highest BCUT2D eigenvalue weighted by Crippen LogP contribution is 2.13. The Labute approximate surface area is 93.7 Å². The molecular weight excluding hydrogens is 210 g/mol. The topological polar surface area (TPSA) is 48.8 Å². The lowest BCUT2D eigenvalue weighted by Crippen LogP contribution is -1.81. The first-order chi connectivity index (χ1) is 7.24. The predicted octanol–water partition coefficient (Wildman–Crippen LogP) is 3.70. The van der Waals surface area contributed by atoms with Crippen LogP contribution in [0.1, 0.15) is 17.5 Å². The molecule has 0 saturated carbocycles. The van der Waals surface area contributed by atoms with E-state index in [4.69, 9.17) is 17.1 Å². The van der Waals surface area contributed by atoms with Crippen molar-refractivity contribution in [3.05, 3.63) is 44.8 Å². The molecule has 0 radical (unpaired) electrons. The summed E-state index contributed by atoms with van der Waals surface area (Å²) in [7, 11) is 0. The van der Waals surface area contributed by atoms with E-state index in [2.05, 4.69) is 21.9 Å². The third-order valence-electron chi connectivity index (χ3n) is 1.81. The normalized spacial score (nSPS) is 8.67. The number of hydrogen-bond acceptors (Lipinski definition) is 1. The van der Waals surface area contributed by atoms with Crippen molar-refractivity contribution < 1.29 is 0 Å². The molecule has 15 heavy (non-hydrogen) atoms. The van der Waals surface area contributed by atoms with Gasteiger partial charge in [-0.1, -0.05) is 28.6 Å². The number of rotatable bonds is 2. The number of halogens is 1. The summed E-state index contributed by atoms with van der Waals surface area (Å²) in [6.07, 6.45) is 0.576. The molecule has 0 unspecified atom stereocenters. The van der Waals surface area contributed by atoms with Gasteiger partial charge in [0.25, 0.3) is 0 Å². The maximum absolute atomic E-state index is 8.05. The summed E-state index contributed by atoms with van der Waals surface area (Å²) in [6.45, 7) is 2.37. The Hall–Kier alpha value is -1.62. The second-order valence-corrected chi connectivity index (χ2v) is 3.40. The first-order valence-corrected chi connectivity index (χ1v) is 4.87. The molecule has 0 amide bonds. The molecule has 4 heteroatoms. The molecule has 0 fully saturated rings. The zero-order valence-corrected chi connectivity index (χ0v) is 9.12. The van der Waals surface area contributed by atoms with Crippen LogP contribution in [0.4, 0.5) is 0 Å². The predicted molar refractivity (Wildman–Crippen MR) is 61.7 cm³/mol. The lowest BCUT2D eigenvalue weighted by atomic mass is 10.1. The highest BCUT2D eigenvalue weighted by molar-refractivity contribution is 6.30. The van der Waals surface area contributed by atoms with Crippen LogP contribution in [0.15, 0.2) is 23.3 Å². The minimum Gasteiger partial charge on any atom is -0.0978 e. The van der Waals surface area contributed by atoms with Gasteiger partial charge < -0.3 is 0 Å². The van der Waals surface area contributed by atoms with Gasteiger partial charge >= 0.3 is 0 Å². The summed E-state index contributed by atoms with van der Waals surface area (Å²) in [5, 5.41) is 4.11. The Bertz CT molecular complexity index is 451. The summed E-state index contributed by atoms with van der Waals surface area (Å²) >= 11 is 5.82. The zero-order valence-electron chi connectivity index (χ0n) is 8.37. The van der Waals surface area contributed by atoms with Crippen molar-refractivity contribution in [1.29, 1.82) is 0 Å². The van der Waals surface area contributed by atoms with Gasteiger partial charge in [-0.15, -0.1) is 0 Å². The highest BCUT2D eigenvalue weighted by atomic mass is 35.5. The van der Waals surface area contributed by atoms with E-state index in [0.29, 0.717) is 18.0 Å². The maximum Gasteiger partial charge on any atom is 0.0409 e. The van der Waals surface area contributed by atoms with Gasteiger partial charge in [0.05, 0.1) is 0 Å². The van der Waals surface area contributed by atoms with E-state index in [-0.39, 0.29) is 0 Å². The van der Waals surface area contributed by atoms with Crippen LogP contribution in [0.3, 0.4) is 0 Å². The molecule has 0 bridgehead atoms. The van der Waals surface area contributed by atoms with E-state index in [1.807, 2.05) is 25.1 Å². The van der Waals surface area contributed by atoms with Crippen LogP contribution in [0.2, 0.25) is 5.02 Å². The number of azide groups is 1. The Morgan fingerprint density at radius 3 is 3.00 bits per heavy atom. The molecule has 0 saturated heterocycles. The summed E-state index contributed by atoms with van der Waals surface area (Å²) in [5.41, 5.74) is 10.1. The van der Waals surface area contributed by atoms with Crippen molar-refractivity contribution in [1.82, 2.24) is 0 Å². The van der Waals surface area contributed by atoms with Crippen molar-refractivity contribution in [2.75, 3.05) is 6.54 Å². The van der Waals surface area contributed by atoms with Crippen LogP contribution in [0.5, 0.6) is 0 Å². The van der Waals surface area contributed by atoms with Gasteiger partial charge in [-0.25, -0.2) is 0 Å². The second kappa shape index (κ2) is 5.98. The fourth-order valence-electron chi connectivity index (χ4n) is 1.08. The number of hydrogen-bond donors (Lipinski definition) is 0. The van der Waals surface area contributed by atoms with Crippen LogP contribution < -0.4 is 0 Å². The summed E-state index contributed by atoms with van der Waals surface area (Å²) in [6, 6.07) is 5.57. The van der Waals surface area contributed by atoms with Gasteiger partial charge in [-0.2, -0.15) is 0 Å². The van der Waals surface area contributed by atoms with E-state index in [9.17, 15) is 0 Å². The van der Waals surface area contributed by atoms with Crippen molar-refractivity contribution in [2.45, 2.75) is 13.3 Å². The number of aryl methyl sites for hydroxylation is 1. The van der Waals surface area contributed by atoms with Crippen LogP contribution >= 0.6 is 11.6 Å². The van der Waals surface area contributed by atoms with E-state index in [1.54, 1.807) is 0 Å². The molecule has 1 rings (SSSR count). The summed E-state index contributed by atoms with van der Waals surface area (Å²) in [4.78, 5) is 2.65. The Morgan fingerprint density at radius 1 is 1.53 bits per heavy atom. The Kier molecular flexibility index (Phi) is 4.56. The molecule has 0 heterocycles. The van der Waals surface area contributed by atoms with Gasteiger partial charge in [-0.3, -0.25) is 0 Å².